The molecule has 0 heterocycles. The van der Waals surface area contributed by atoms with Gasteiger partial charge in [-0.05, 0) is 24.1 Å². The normalized spacial score (nSPS) is 12.0. The zero-order chi connectivity index (χ0) is 13.0. The number of esters is 1. The van der Waals surface area contributed by atoms with Crippen molar-refractivity contribution in [2.75, 3.05) is 14.2 Å². The van der Waals surface area contributed by atoms with Gasteiger partial charge in [-0.15, -0.1) is 0 Å². The van der Waals surface area contributed by atoms with E-state index in [1.807, 2.05) is 0 Å². The largest absolute Gasteiger partial charge is 0.504 e. The van der Waals surface area contributed by atoms with Crippen LogP contribution in [0.5, 0.6) is 11.5 Å². The van der Waals surface area contributed by atoms with Crippen LogP contribution >= 0.6 is 0 Å². The van der Waals surface area contributed by atoms with E-state index in [-0.39, 0.29) is 12.2 Å². The highest BCUT2D eigenvalue weighted by atomic mass is 16.5. The van der Waals surface area contributed by atoms with Crippen LogP contribution in [0.15, 0.2) is 12.1 Å². The molecule has 1 rings (SSSR count). The zero-order valence-corrected chi connectivity index (χ0v) is 10.1. The van der Waals surface area contributed by atoms with Crippen LogP contribution in [-0.2, 0) is 16.0 Å². The van der Waals surface area contributed by atoms with Crippen molar-refractivity contribution in [2.45, 2.75) is 19.4 Å². The summed E-state index contributed by atoms with van der Waals surface area (Å²) < 4.78 is 9.41. The van der Waals surface area contributed by atoms with E-state index in [0.29, 0.717) is 16.9 Å². The van der Waals surface area contributed by atoms with Crippen molar-refractivity contribution in [2.24, 2.45) is 0 Å². The first-order chi connectivity index (χ1) is 7.99. The molecule has 0 aliphatic carbocycles. The summed E-state index contributed by atoms with van der Waals surface area (Å²) in [6.45, 7) is 1.71. The van der Waals surface area contributed by atoms with Gasteiger partial charge in [0.15, 0.2) is 17.6 Å². The standard InChI is InChI=1S/C12H16O5/c1-7-4-8(5-9(13)12(15)17-3)6-10(16-2)11(7)14/h4,6,9,13-14H,5H2,1-3H3. The molecule has 0 radical (unpaired) electrons. The summed E-state index contributed by atoms with van der Waals surface area (Å²) in [4.78, 5) is 11.1. The summed E-state index contributed by atoms with van der Waals surface area (Å²) in [6, 6.07) is 3.26. The highest BCUT2D eigenvalue weighted by Gasteiger charge is 2.17. The fourth-order valence-corrected chi connectivity index (χ4v) is 1.54. The molecule has 2 N–H and O–H groups in total. The van der Waals surface area contributed by atoms with E-state index >= 15 is 0 Å². The van der Waals surface area contributed by atoms with Gasteiger partial charge < -0.3 is 19.7 Å². The SMILES string of the molecule is COC(=O)C(O)Cc1cc(C)c(O)c(OC)c1. The molecule has 0 aliphatic rings. The number of aryl methyl sites for hydroxylation is 1. The Kier molecular flexibility index (Phi) is 4.34. The van der Waals surface area contributed by atoms with Crippen molar-refractivity contribution in [3.8, 4) is 11.5 Å². The van der Waals surface area contributed by atoms with Crippen LogP contribution in [0.3, 0.4) is 0 Å². The molecule has 1 unspecified atom stereocenters. The van der Waals surface area contributed by atoms with Gasteiger partial charge in [-0.25, -0.2) is 4.79 Å². The van der Waals surface area contributed by atoms with E-state index in [2.05, 4.69) is 4.74 Å². The maximum absolute atomic E-state index is 11.1. The van der Waals surface area contributed by atoms with Crippen molar-refractivity contribution in [1.29, 1.82) is 0 Å². The van der Waals surface area contributed by atoms with Crippen LogP contribution < -0.4 is 4.74 Å². The number of aliphatic hydroxyl groups excluding tert-OH is 1. The number of hydrogen-bond acceptors (Lipinski definition) is 5. The van der Waals surface area contributed by atoms with Gasteiger partial charge in [0, 0.05) is 6.42 Å². The molecule has 17 heavy (non-hydrogen) atoms. The number of phenolic OH excluding ortho intramolecular Hbond substituents is 1. The summed E-state index contributed by atoms with van der Waals surface area (Å²) in [6.07, 6.45) is -1.10. The highest BCUT2D eigenvalue weighted by molar-refractivity contribution is 5.74. The van der Waals surface area contributed by atoms with E-state index in [4.69, 9.17) is 4.74 Å². The predicted molar refractivity (Wildman–Crippen MR) is 61.1 cm³/mol. The van der Waals surface area contributed by atoms with Crippen molar-refractivity contribution in [1.82, 2.24) is 0 Å². The number of phenols is 1. The van der Waals surface area contributed by atoms with Crippen molar-refractivity contribution in [3.63, 3.8) is 0 Å². The Balaban J connectivity index is 2.92. The summed E-state index contributed by atoms with van der Waals surface area (Å²) in [5.41, 5.74) is 1.31. The molecule has 0 fully saturated rings. The minimum Gasteiger partial charge on any atom is -0.504 e. The fourth-order valence-electron chi connectivity index (χ4n) is 1.54. The highest BCUT2D eigenvalue weighted by Crippen LogP contribution is 2.31. The second-order valence-corrected chi connectivity index (χ2v) is 3.71. The molecule has 0 spiro atoms. The average Bonchev–Trinajstić information content (AvgIpc) is 2.32. The van der Waals surface area contributed by atoms with Gasteiger partial charge in [-0.1, -0.05) is 6.07 Å². The van der Waals surface area contributed by atoms with Crippen molar-refractivity contribution < 1.29 is 24.5 Å². The fraction of sp³-hybridized carbons (Fsp3) is 0.417. The number of ether oxygens (including phenoxy) is 2. The number of carbonyl (C=O) groups is 1. The Morgan fingerprint density at radius 1 is 1.41 bits per heavy atom. The summed E-state index contributed by atoms with van der Waals surface area (Å²) >= 11 is 0. The zero-order valence-electron chi connectivity index (χ0n) is 10.1. The van der Waals surface area contributed by atoms with Crippen LogP contribution in [0.1, 0.15) is 11.1 Å². The number of aliphatic hydroxyl groups is 1. The topological polar surface area (TPSA) is 76.0 Å². The Morgan fingerprint density at radius 2 is 2.06 bits per heavy atom. The molecule has 1 aromatic rings. The van der Waals surface area contributed by atoms with E-state index in [1.54, 1.807) is 19.1 Å². The minimum absolute atomic E-state index is 0.0591. The van der Waals surface area contributed by atoms with Gasteiger partial charge in [0.2, 0.25) is 0 Å². The van der Waals surface area contributed by atoms with E-state index in [9.17, 15) is 15.0 Å². The summed E-state index contributed by atoms with van der Waals surface area (Å²) in [7, 11) is 2.66. The number of aromatic hydroxyl groups is 1. The van der Waals surface area contributed by atoms with Crippen LogP contribution in [0, 0.1) is 6.92 Å². The number of hydrogen-bond donors (Lipinski definition) is 2. The van der Waals surface area contributed by atoms with Gasteiger partial charge in [-0.3, -0.25) is 0 Å². The number of carbonyl (C=O) groups excluding carboxylic acids is 1. The van der Waals surface area contributed by atoms with Crippen LogP contribution in [-0.4, -0.2) is 36.5 Å². The molecule has 0 aliphatic heterocycles. The Labute approximate surface area is 99.6 Å². The maximum Gasteiger partial charge on any atom is 0.335 e. The average molecular weight is 240 g/mol. The number of rotatable bonds is 4. The molecule has 94 valence electrons. The van der Waals surface area contributed by atoms with Gasteiger partial charge in [-0.2, -0.15) is 0 Å². The van der Waals surface area contributed by atoms with E-state index in [1.165, 1.54) is 14.2 Å². The second-order valence-electron chi connectivity index (χ2n) is 3.71. The van der Waals surface area contributed by atoms with Crippen molar-refractivity contribution in [3.05, 3.63) is 23.3 Å². The van der Waals surface area contributed by atoms with Gasteiger partial charge in [0.1, 0.15) is 0 Å². The third kappa shape index (κ3) is 3.10. The second kappa shape index (κ2) is 5.54. The first-order valence-electron chi connectivity index (χ1n) is 5.12. The quantitative estimate of drug-likeness (QED) is 0.761. The lowest BCUT2D eigenvalue weighted by Crippen LogP contribution is -2.24. The van der Waals surface area contributed by atoms with E-state index in [0.717, 1.165) is 0 Å². The van der Waals surface area contributed by atoms with E-state index < -0.39 is 12.1 Å². The van der Waals surface area contributed by atoms with Crippen molar-refractivity contribution >= 4 is 5.97 Å². The monoisotopic (exact) mass is 240 g/mol. The van der Waals surface area contributed by atoms with Gasteiger partial charge in [0.05, 0.1) is 14.2 Å². The molecule has 5 nitrogen and oxygen atoms in total. The lowest BCUT2D eigenvalue weighted by atomic mass is 10.0. The molecular formula is C12H16O5. The first-order valence-corrected chi connectivity index (χ1v) is 5.12. The molecule has 5 heteroatoms. The molecule has 1 atom stereocenters. The molecule has 0 saturated heterocycles. The van der Waals surface area contributed by atoms with Crippen LogP contribution in [0.2, 0.25) is 0 Å². The van der Waals surface area contributed by atoms with Gasteiger partial charge in [0.25, 0.3) is 0 Å². The summed E-state index contributed by atoms with van der Waals surface area (Å²) in [5, 5.41) is 19.1. The maximum atomic E-state index is 11.1. The Bertz CT molecular complexity index is 414. The number of benzene rings is 1. The van der Waals surface area contributed by atoms with Crippen LogP contribution in [0.4, 0.5) is 0 Å². The third-order valence-corrected chi connectivity index (χ3v) is 2.45. The lowest BCUT2D eigenvalue weighted by Gasteiger charge is -2.12. The molecule has 0 bridgehead atoms. The molecule has 1 aromatic carbocycles. The lowest BCUT2D eigenvalue weighted by molar-refractivity contribution is -0.150. The summed E-state index contributed by atoms with van der Waals surface area (Å²) in [5.74, 6) is -0.310. The minimum atomic E-state index is -1.21. The molecule has 0 aromatic heterocycles. The Morgan fingerprint density at radius 3 is 2.59 bits per heavy atom. The molecular weight excluding hydrogens is 224 g/mol. The van der Waals surface area contributed by atoms with Crippen LogP contribution in [0.25, 0.3) is 0 Å². The third-order valence-electron chi connectivity index (χ3n) is 2.45. The molecule has 0 amide bonds. The predicted octanol–water partition coefficient (Wildman–Crippen LogP) is 0.786. The van der Waals surface area contributed by atoms with Gasteiger partial charge >= 0.3 is 5.97 Å². The first kappa shape index (κ1) is 13.3. The smallest absolute Gasteiger partial charge is 0.335 e. The molecule has 0 saturated carbocycles. The Hall–Kier alpha value is -1.75. The number of methoxy groups -OCH3 is 2.